The molecule has 2 saturated heterocycles. The molecule has 5 rings (SSSR count). The standard InChI is InChI=1S/C27H28F3N5O4/c1-34-8-2-3-22(34)21-11-17-14-31-24(13-20(17)32-21)33-25(37)19-5-4-18(35-9-6-16(15-36)7-10-35)12-23(19)39-26(38)27(28,29)30/h4-5,11-16,22,32H,2-3,6-10H2,1H3,(H,31,33,37)/t22-/m1/s1. The smallest absolute Gasteiger partial charge is 0.419 e. The van der Waals surface area contributed by atoms with E-state index in [0.29, 0.717) is 31.6 Å². The Morgan fingerprint density at radius 3 is 2.56 bits per heavy atom. The monoisotopic (exact) mass is 543 g/mol. The minimum absolute atomic E-state index is 0.0755. The molecular formula is C27H28F3N5O4. The SMILES string of the molecule is CN1CCC[C@@H]1c1cc2cnc(NC(=O)c3ccc(N4CCC(C=O)CC4)cc3OC(=O)C(F)(F)F)cc2[nH]1. The Morgan fingerprint density at radius 2 is 1.90 bits per heavy atom. The molecule has 0 saturated carbocycles. The van der Waals surface area contributed by atoms with Crippen LogP contribution in [-0.4, -0.2) is 65.9 Å². The first-order valence-electron chi connectivity index (χ1n) is 12.8. The lowest BCUT2D eigenvalue weighted by molar-refractivity contribution is -0.189. The van der Waals surface area contributed by atoms with Crippen LogP contribution in [0.2, 0.25) is 0 Å². The third-order valence-electron chi connectivity index (χ3n) is 7.39. The van der Waals surface area contributed by atoms with E-state index < -0.39 is 23.8 Å². The number of esters is 1. The highest BCUT2D eigenvalue weighted by molar-refractivity contribution is 6.07. The molecular weight excluding hydrogens is 515 g/mol. The van der Waals surface area contributed by atoms with Crippen LogP contribution in [0.5, 0.6) is 5.75 Å². The quantitative estimate of drug-likeness (QED) is 0.269. The Hall–Kier alpha value is -3.93. The number of hydrogen-bond donors (Lipinski definition) is 2. The number of halogens is 3. The summed E-state index contributed by atoms with van der Waals surface area (Å²) in [6.07, 6.45) is 0.587. The Labute approximate surface area is 222 Å². The van der Waals surface area contributed by atoms with Crippen molar-refractivity contribution in [2.45, 2.75) is 37.9 Å². The average molecular weight is 544 g/mol. The van der Waals surface area contributed by atoms with Crippen LogP contribution >= 0.6 is 0 Å². The van der Waals surface area contributed by atoms with Crippen molar-refractivity contribution in [2.75, 3.05) is 36.9 Å². The number of likely N-dealkylation sites (tertiary alicyclic amines) is 1. The van der Waals surface area contributed by atoms with Crippen LogP contribution in [0.3, 0.4) is 0 Å². The number of amides is 1. The van der Waals surface area contributed by atoms with Crippen molar-refractivity contribution >= 4 is 40.6 Å². The van der Waals surface area contributed by atoms with Crippen LogP contribution in [0.4, 0.5) is 24.7 Å². The highest BCUT2D eigenvalue weighted by Crippen LogP contribution is 2.33. The van der Waals surface area contributed by atoms with Crippen LogP contribution in [0.15, 0.2) is 36.5 Å². The number of aromatic nitrogens is 2. The molecule has 2 N–H and O–H groups in total. The van der Waals surface area contributed by atoms with Crippen molar-refractivity contribution in [1.29, 1.82) is 0 Å². The van der Waals surface area contributed by atoms with E-state index in [1.165, 1.54) is 12.1 Å². The molecule has 9 nitrogen and oxygen atoms in total. The maximum absolute atomic E-state index is 13.1. The van der Waals surface area contributed by atoms with Crippen LogP contribution < -0.4 is 15.0 Å². The topological polar surface area (TPSA) is 108 Å². The van der Waals surface area contributed by atoms with Crippen molar-refractivity contribution < 1.29 is 32.3 Å². The van der Waals surface area contributed by atoms with E-state index in [-0.39, 0.29) is 23.3 Å². The fourth-order valence-electron chi connectivity index (χ4n) is 5.21. The molecule has 0 spiro atoms. The highest BCUT2D eigenvalue weighted by Gasteiger charge is 2.42. The number of nitrogens with zero attached hydrogens (tertiary/aromatic N) is 3. The number of carbonyl (C=O) groups excluding carboxylic acids is 3. The van der Waals surface area contributed by atoms with E-state index in [4.69, 9.17) is 0 Å². The van der Waals surface area contributed by atoms with E-state index in [1.54, 1.807) is 18.3 Å². The summed E-state index contributed by atoms with van der Waals surface area (Å²) < 4.78 is 43.7. The molecule has 0 radical (unpaired) electrons. The summed E-state index contributed by atoms with van der Waals surface area (Å²) in [6.45, 7) is 2.01. The summed E-state index contributed by atoms with van der Waals surface area (Å²) >= 11 is 0. The molecule has 3 aromatic rings. The van der Waals surface area contributed by atoms with Gasteiger partial charge in [0.2, 0.25) is 0 Å². The van der Waals surface area contributed by atoms with Gasteiger partial charge in [0.1, 0.15) is 17.9 Å². The number of ether oxygens (including phenoxy) is 1. The van der Waals surface area contributed by atoms with Crippen LogP contribution in [0, 0.1) is 5.92 Å². The third-order valence-corrected chi connectivity index (χ3v) is 7.39. The average Bonchev–Trinajstić information content (AvgIpc) is 3.53. The molecule has 0 aliphatic carbocycles. The first-order chi connectivity index (χ1) is 18.6. The van der Waals surface area contributed by atoms with Crippen molar-refractivity contribution in [3.63, 3.8) is 0 Å². The zero-order valence-corrected chi connectivity index (χ0v) is 21.3. The summed E-state index contributed by atoms with van der Waals surface area (Å²) in [6, 6.07) is 8.07. The maximum atomic E-state index is 13.1. The first-order valence-corrected chi connectivity index (χ1v) is 12.8. The zero-order chi connectivity index (χ0) is 27.7. The van der Waals surface area contributed by atoms with Crippen molar-refractivity contribution in [3.05, 3.63) is 47.8 Å². The van der Waals surface area contributed by atoms with Gasteiger partial charge in [-0.3, -0.25) is 9.69 Å². The van der Waals surface area contributed by atoms with Gasteiger partial charge in [-0.1, -0.05) is 0 Å². The lowest BCUT2D eigenvalue weighted by atomic mass is 9.98. The lowest BCUT2D eigenvalue weighted by Gasteiger charge is -2.31. The normalized spacial score (nSPS) is 18.9. The molecule has 206 valence electrons. The van der Waals surface area contributed by atoms with Gasteiger partial charge >= 0.3 is 12.1 Å². The predicted octanol–water partition coefficient (Wildman–Crippen LogP) is 4.46. The van der Waals surface area contributed by atoms with Gasteiger partial charge < -0.3 is 24.7 Å². The largest absolute Gasteiger partial charge is 0.491 e. The number of benzene rings is 1. The van der Waals surface area contributed by atoms with Crippen molar-refractivity contribution in [1.82, 2.24) is 14.9 Å². The lowest BCUT2D eigenvalue weighted by Crippen LogP contribution is -2.34. The van der Waals surface area contributed by atoms with Crippen molar-refractivity contribution in [2.24, 2.45) is 5.92 Å². The summed E-state index contributed by atoms with van der Waals surface area (Å²) in [4.78, 5) is 47.6. The maximum Gasteiger partial charge on any atom is 0.491 e. The molecule has 39 heavy (non-hydrogen) atoms. The number of fused-ring (bicyclic) bond motifs is 1. The molecule has 2 aliphatic heterocycles. The van der Waals surface area contributed by atoms with Gasteiger partial charge in [-0.25, -0.2) is 9.78 Å². The van der Waals surface area contributed by atoms with Crippen LogP contribution in [0.25, 0.3) is 10.9 Å². The summed E-state index contributed by atoms with van der Waals surface area (Å²) in [5, 5.41) is 3.46. The predicted molar refractivity (Wildman–Crippen MR) is 138 cm³/mol. The number of pyridine rings is 1. The van der Waals surface area contributed by atoms with E-state index in [1.807, 2.05) is 11.0 Å². The molecule has 12 heteroatoms. The Morgan fingerprint density at radius 1 is 1.13 bits per heavy atom. The number of piperidine rings is 1. The number of alkyl halides is 3. The van der Waals surface area contributed by atoms with E-state index >= 15 is 0 Å². The Bertz CT molecular complexity index is 1400. The van der Waals surface area contributed by atoms with Gasteiger partial charge in [-0.15, -0.1) is 0 Å². The summed E-state index contributed by atoms with van der Waals surface area (Å²) in [5.41, 5.74) is 2.04. The van der Waals surface area contributed by atoms with E-state index in [2.05, 4.69) is 32.0 Å². The molecule has 2 aliphatic rings. The van der Waals surface area contributed by atoms with Gasteiger partial charge in [0.05, 0.1) is 11.1 Å². The zero-order valence-electron chi connectivity index (χ0n) is 21.3. The second-order valence-electron chi connectivity index (χ2n) is 10.0. The fourth-order valence-corrected chi connectivity index (χ4v) is 5.21. The summed E-state index contributed by atoms with van der Waals surface area (Å²) in [5.74, 6) is -3.61. The molecule has 1 amide bonds. The Balaban J connectivity index is 1.39. The van der Waals surface area contributed by atoms with Gasteiger partial charge in [-0.05, 0) is 57.5 Å². The minimum atomic E-state index is -5.24. The van der Waals surface area contributed by atoms with Crippen LogP contribution in [0.1, 0.15) is 47.8 Å². The number of anilines is 2. The number of rotatable bonds is 6. The van der Waals surface area contributed by atoms with Gasteiger partial charge in [-0.2, -0.15) is 13.2 Å². The molecule has 1 aromatic carbocycles. The fraction of sp³-hybridized carbons (Fsp3) is 0.407. The van der Waals surface area contributed by atoms with E-state index in [9.17, 15) is 27.6 Å². The number of nitrogens with one attached hydrogen (secondary N) is 2. The summed E-state index contributed by atoms with van der Waals surface area (Å²) in [7, 11) is 2.06. The molecule has 2 aromatic heterocycles. The number of hydrogen-bond acceptors (Lipinski definition) is 7. The molecule has 0 unspecified atom stereocenters. The molecule has 2 fully saturated rings. The van der Waals surface area contributed by atoms with Gasteiger partial charge in [0.15, 0.2) is 0 Å². The first kappa shape index (κ1) is 26.7. The van der Waals surface area contributed by atoms with Gasteiger partial charge in [0.25, 0.3) is 5.91 Å². The van der Waals surface area contributed by atoms with Gasteiger partial charge in [0, 0.05) is 60.1 Å². The third kappa shape index (κ3) is 5.75. The highest BCUT2D eigenvalue weighted by atomic mass is 19.4. The van der Waals surface area contributed by atoms with Crippen molar-refractivity contribution in [3.8, 4) is 5.75 Å². The molecule has 4 heterocycles. The van der Waals surface area contributed by atoms with Crippen LogP contribution in [-0.2, 0) is 9.59 Å². The minimum Gasteiger partial charge on any atom is -0.419 e. The Kier molecular flexibility index (Phi) is 7.30. The second kappa shape index (κ2) is 10.7. The number of carbonyl (C=O) groups is 3. The molecule has 1 atom stereocenters. The molecule has 0 bridgehead atoms. The number of H-pyrrole nitrogens is 1. The number of aldehydes is 1. The number of aromatic amines is 1. The van der Waals surface area contributed by atoms with E-state index in [0.717, 1.165) is 42.3 Å². The second-order valence-corrected chi connectivity index (χ2v) is 10.0.